The quantitative estimate of drug-likeness (QED) is 0.366. The first-order chi connectivity index (χ1) is 15.8. The fourth-order valence-electron chi connectivity index (χ4n) is 3.93. The predicted molar refractivity (Wildman–Crippen MR) is 127 cm³/mol. The van der Waals surface area contributed by atoms with Crippen molar-refractivity contribution in [3.8, 4) is 22.4 Å². The molecule has 0 saturated heterocycles. The van der Waals surface area contributed by atoms with Crippen molar-refractivity contribution in [1.82, 2.24) is 24.6 Å². The molecular formula is C26H24N6. The summed E-state index contributed by atoms with van der Waals surface area (Å²) in [6.45, 7) is 2.89. The molecule has 158 valence electrons. The highest BCUT2D eigenvalue weighted by atomic mass is 15.3. The largest absolute Gasteiger partial charge is 0.355 e. The molecular weight excluding hydrogens is 396 g/mol. The number of hydrogen-bond donors (Lipinski definition) is 1. The van der Waals surface area contributed by atoms with E-state index in [0.29, 0.717) is 0 Å². The number of fused-ring (bicyclic) bond motifs is 1. The number of nitrogens with one attached hydrogen (secondary N) is 1. The van der Waals surface area contributed by atoms with Gasteiger partial charge >= 0.3 is 0 Å². The summed E-state index contributed by atoms with van der Waals surface area (Å²) in [5, 5.41) is 12.2. The van der Waals surface area contributed by atoms with Crippen LogP contribution in [0, 0.1) is 6.92 Å². The van der Waals surface area contributed by atoms with E-state index in [0.717, 1.165) is 53.4 Å². The Labute approximate surface area is 187 Å². The van der Waals surface area contributed by atoms with E-state index in [1.807, 2.05) is 22.6 Å². The van der Waals surface area contributed by atoms with Gasteiger partial charge in [0.25, 0.3) is 0 Å². The smallest absolute Gasteiger partial charge is 0.210 e. The lowest BCUT2D eigenvalue weighted by molar-refractivity contribution is 0.849. The Kier molecular flexibility index (Phi) is 5.58. The number of pyridine rings is 1. The Morgan fingerprint density at radius 2 is 1.75 bits per heavy atom. The Balaban J connectivity index is 1.53. The van der Waals surface area contributed by atoms with Gasteiger partial charge in [0.05, 0.1) is 11.3 Å². The molecule has 5 rings (SSSR count). The SMILES string of the molecule is Cc1cccc(-c2c(-c3ccncc3)nc(NCCCc3ccccc3)n3cnnc23)c1. The van der Waals surface area contributed by atoms with E-state index in [-0.39, 0.29) is 0 Å². The molecule has 0 amide bonds. The predicted octanol–water partition coefficient (Wildman–Crippen LogP) is 5.21. The summed E-state index contributed by atoms with van der Waals surface area (Å²) < 4.78 is 1.94. The van der Waals surface area contributed by atoms with Crippen LogP contribution in [0.5, 0.6) is 0 Å². The Bertz CT molecular complexity index is 1330. The Morgan fingerprint density at radius 1 is 0.906 bits per heavy atom. The van der Waals surface area contributed by atoms with Crippen molar-refractivity contribution in [3.05, 3.63) is 96.6 Å². The number of benzene rings is 2. The third kappa shape index (κ3) is 4.07. The summed E-state index contributed by atoms with van der Waals surface area (Å²) in [7, 11) is 0. The lowest BCUT2D eigenvalue weighted by atomic mass is 9.99. The van der Waals surface area contributed by atoms with Crippen LogP contribution in [0.3, 0.4) is 0 Å². The zero-order valence-corrected chi connectivity index (χ0v) is 17.9. The van der Waals surface area contributed by atoms with Crippen LogP contribution in [0.15, 0.2) is 85.5 Å². The van der Waals surface area contributed by atoms with E-state index in [4.69, 9.17) is 4.98 Å². The first kappa shape index (κ1) is 19.9. The van der Waals surface area contributed by atoms with Gasteiger partial charge in [-0.1, -0.05) is 60.2 Å². The van der Waals surface area contributed by atoms with E-state index >= 15 is 0 Å². The summed E-state index contributed by atoms with van der Waals surface area (Å²) in [5.41, 5.74) is 7.19. The zero-order chi connectivity index (χ0) is 21.8. The average Bonchev–Trinajstić information content (AvgIpc) is 3.32. The van der Waals surface area contributed by atoms with Gasteiger partial charge in [0.2, 0.25) is 5.95 Å². The number of aryl methyl sites for hydroxylation is 2. The third-order valence-corrected chi connectivity index (χ3v) is 5.48. The molecule has 1 N–H and O–H groups in total. The average molecular weight is 421 g/mol. The van der Waals surface area contributed by atoms with Crippen LogP contribution in [-0.2, 0) is 6.42 Å². The van der Waals surface area contributed by atoms with Gasteiger partial charge in [0, 0.05) is 24.5 Å². The van der Waals surface area contributed by atoms with Gasteiger partial charge in [-0.05, 0) is 43.0 Å². The van der Waals surface area contributed by atoms with Crippen molar-refractivity contribution < 1.29 is 0 Å². The van der Waals surface area contributed by atoms with E-state index in [2.05, 4.69) is 76.0 Å². The number of nitrogens with zero attached hydrogens (tertiary/aromatic N) is 5. The molecule has 0 saturated carbocycles. The summed E-state index contributed by atoms with van der Waals surface area (Å²) in [4.78, 5) is 9.21. The van der Waals surface area contributed by atoms with Crippen LogP contribution in [0.2, 0.25) is 0 Å². The normalized spacial score (nSPS) is 11.0. The van der Waals surface area contributed by atoms with E-state index in [1.54, 1.807) is 18.7 Å². The maximum atomic E-state index is 5.04. The van der Waals surface area contributed by atoms with Crippen molar-refractivity contribution >= 4 is 11.6 Å². The molecule has 0 aliphatic carbocycles. The fourth-order valence-corrected chi connectivity index (χ4v) is 3.93. The molecule has 0 radical (unpaired) electrons. The highest BCUT2D eigenvalue weighted by Crippen LogP contribution is 2.35. The van der Waals surface area contributed by atoms with Crippen molar-refractivity contribution in [2.24, 2.45) is 0 Å². The number of rotatable bonds is 7. The molecule has 0 fully saturated rings. The molecule has 0 aliphatic rings. The molecule has 3 aromatic heterocycles. The first-order valence-corrected chi connectivity index (χ1v) is 10.8. The summed E-state index contributed by atoms with van der Waals surface area (Å²) in [6.07, 6.45) is 7.31. The molecule has 0 atom stereocenters. The van der Waals surface area contributed by atoms with Crippen LogP contribution < -0.4 is 5.32 Å². The molecule has 2 aromatic carbocycles. The van der Waals surface area contributed by atoms with Crippen LogP contribution in [0.25, 0.3) is 28.0 Å². The molecule has 6 nitrogen and oxygen atoms in total. The highest BCUT2D eigenvalue weighted by molar-refractivity contribution is 5.90. The topological polar surface area (TPSA) is 68.0 Å². The molecule has 3 heterocycles. The monoisotopic (exact) mass is 420 g/mol. The summed E-state index contributed by atoms with van der Waals surface area (Å²) in [6, 6.07) is 22.9. The van der Waals surface area contributed by atoms with Gasteiger partial charge < -0.3 is 5.32 Å². The Morgan fingerprint density at radius 3 is 2.56 bits per heavy atom. The Hall–Kier alpha value is -4.06. The molecule has 0 bridgehead atoms. The second kappa shape index (κ2) is 8.98. The standard InChI is InChI=1S/C26H24N6/c1-19-7-5-11-22(17-19)23-24(21-12-15-27-16-13-21)30-26(32-18-29-31-25(23)32)28-14-6-10-20-8-3-2-4-9-20/h2-5,7-9,11-13,15-18H,6,10,14H2,1H3,(H,28,30). The summed E-state index contributed by atoms with van der Waals surface area (Å²) in [5.74, 6) is 0.737. The van der Waals surface area contributed by atoms with Gasteiger partial charge in [0.15, 0.2) is 5.65 Å². The van der Waals surface area contributed by atoms with Crippen molar-refractivity contribution in [2.75, 3.05) is 11.9 Å². The van der Waals surface area contributed by atoms with Crippen LogP contribution >= 0.6 is 0 Å². The minimum atomic E-state index is 0.737. The number of hydrogen-bond acceptors (Lipinski definition) is 5. The first-order valence-electron chi connectivity index (χ1n) is 10.8. The molecule has 32 heavy (non-hydrogen) atoms. The maximum absolute atomic E-state index is 5.04. The van der Waals surface area contributed by atoms with Gasteiger partial charge in [-0.3, -0.25) is 9.38 Å². The highest BCUT2D eigenvalue weighted by Gasteiger charge is 2.19. The summed E-state index contributed by atoms with van der Waals surface area (Å²) >= 11 is 0. The van der Waals surface area contributed by atoms with Crippen LogP contribution in [0.1, 0.15) is 17.5 Å². The van der Waals surface area contributed by atoms with Gasteiger partial charge in [-0.2, -0.15) is 0 Å². The number of anilines is 1. The van der Waals surface area contributed by atoms with Crippen molar-refractivity contribution in [2.45, 2.75) is 19.8 Å². The van der Waals surface area contributed by atoms with Gasteiger partial charge in [-0.15, -0.1) is 10.2 Å². The van der Waals surface area contributed by atoms with E-state index in [9.17, 15) is 0 Å². The molecule has 5 aromatic rings. The second-order valence-electron chi connectivity index (χ2n) is 7.80. The fraction of sp³-hybridized carbons (Fsp3) is 0.154. The van der Waals surface area contributed by atoms with Gasteiger partial charge in [0.1, 0.15) is 6.33 Å². The maximum Gasteiger partial charge on any atom is 0.210 e. The zero-order valence-electron chi connectivity index (χ0n) is 17.9. The van der Waals surface area contributed by atoms with Crippen molar-refractivity contribution in [3.63, 3.8) is 0 Å². The molecule has 0 spiro atoms. The van der Waals surface area contributed by atoms with E-state index < -0.39 is 0 Å². The number of aromatic nitrogens is 5. The lowest BCUT2D eigenvalue weighted by Crippen LogP contribution is -2.10. The van der Waals surface area contributed by atoms with Crippen molar-refractivity contribution in [1.29, 1.82) is 0 Å². The minimum absolute atomic E-state index is 0.737. The molecule has 6 heteroatoms. The van der Waals surface area contributed by atoms with Crippen LogP contribution in [0.4, 0.5) is 5.95 Å². The van der Waals surface area contributed by atoms with E-state index in [1.165, 1.54) is 11.1 Å². The molecule has 0 unspecified atom stereocenters. The lowest BCUT2D eigenvalue weighted by Gasteiger charge is -2.15. The molecule has 0 aliphatic heterocycles. The van der Waals surface area contributed by atoms with Crippen LogP contribution in [-0.4, -0.2) is 31.1 Å². The minimum Gasteiger partial charge on any atom is -0.355 e. The van der Waals surface area contributed by atoms with Gasteiger partial charge in [-0.25, -0.2) is 4.98 Å². The third-order valence-electron chi connectivity index (χ3n) is 5.48. The second-order valence-corrected chi connectivity index (χ2v) is 7.80.